The predicted molar refractivity (Wildman–Crippen MR) is 60.9 cm³/mol. The Bertz CT molecular complexity index is 438. The molecule has 0 spiro atoms. The fraction of sp³-hybridized carbons (Fsp3) is 0.300. The molecule has 0 saturated carbocycles. The van der Waals surface area contributed by atoms with Crippen LogP contribution >= 0.6 is 11.6 Å². The van der Waals surface area contributed by atoms with Crippen LogP contribution in [-0.4, -0.2) is 18.5 Å². The summed E-state index contributed by atoms with van der Waals surface area (Å²) in [5, 5.41) is 5.66. The molecule has 0 aromatic heterocycles. The fourth-order valence-electron chi connectivity index (χ4n) is 1.61. The Balaban J connectivity index is 2.15. The largest absolute Gasteiger partial charge is 0.397 e. The zero-order valence-electron chi connectivity index (χ0n) is 8.39. The van der Waals surface area contributed by atoms with E-state index in [1.54, 1.807) is 0 Å². The minimum atomic E-state index is -0.532. The number of halogens is 2. The third-order valence-corrected chi connectivity index (χ3v) is 2.72. The van der Waals surface area contributed by atoms with Crippen molar-refractivity contribution in [1.29, 1.82) is 0 Å². The van der Waals surface area contributed by atoms with Crippen LogP contribution in [0.2, 0.25) is 5.02 Å². The first kappa shape index (κ1) is 11.0. The lowest BCUT2D eigenvalue weighted by molar-refractivity contribution is -0.119. The summed E-state index contributed by atoms with van der Waals surface area (Å²) in [6.45, 7) is 0.516. The number of nitrogens with one attached hydrogen (secondary N) is 2. The standard InChI is InChI=1S/C10H11ClFN3O/c11-6-2-8(13)9(3-7(6)12)15-5-1-10(16)14-4-5/h2-3,5,15H,1,4,13H2,(H,14,16). The molecule has 1 aromatic rings. The third kappa shape index (κ3) is 2.19. The van der Waals surface area contributed by atoms with Gasteiger partial charge in [0.05, 0.1) is 22.4 Å². The van der Waals surface area contributed by atoms with Gasteiger partial charge in [0, 0.05) is 19.0 Å². The van der Waals surface area contributed by atoms with E-state index >= 15 is 0 Å². The molecule has 0 bridgehead atoms. The summed E-state index contributed by atoms with van der Waals surface area (Å²) < 4.78 is 13.2. The van der Waals surface area contributed by atoms with E-state index in [-0.39, 0.29) is 17.0 Å². The van der Waals surface area contributed by atoms with Gasteiger partial charge in [-0.1, -0.05) is 11.6 Å². The highest BCUT2D eigenvalue weighted by Gasteiger charge is 2.21. The zero-order chi connectivity index (χ0) is 11.7. The van der Waals surface area contributed by atoms with Crippen molar-refractivity contribution in [2.75, 3.05) is 17.6 Å². The summed E-state index contributed by atoms with van der Waals surface area (Å²) in [5.41, 5.74) is 6.51. The quantitative estimate of drug-likeness (QED) is 0.687. The van der Waals surface area contributed by atoms with Gasteiger partial charge in [0.2, 0.25) is 5.91 Å². The smallest absolute Gasteiger partial charge is 0.222 e. The number of carbonyl (C=O) groups excluding carboxylic acids is 1. The Morgan fingerprint density at radius 3 is 2.94 bits per heavy atom. The minimum absolute atomic E-state index is 0.0105. The van der Waals surface area contributed by atoms with Gasteiger partial charge >= 0.3 is 0 Å². The highest BCUT2D eigenvalue weighted by molar-refractivity contribution is 6.31. The van der Waals surface area contributed by atoms with Crippen LogP contribution in [0.1, 0.15) is 6.42 Å². The molecule has 4 N–H and O–H groups in total. The first-order valence-corrected chi connectivity index (χ1v) is 5.22. The van der Waals surface area contributed by atoms with E-state index in [2.05, 4.69) is 10.6 Å². The monoisotopic (exact) mass is 243 g/mol. The summed E-state index contributed by atoms with van der Waals surface area (Å²) in [6.07, 6.45) is 0.365. The van der Waals surface area contributed by atoms with Crippen LogP contribution in [0, 0.1) is 5.82 Å². The molecule has 0 aliphatic carbocycles. The first-order valence-electron chi connectivity index (χ1n) is 4.84. The fourth-order valence-corrected chi connectivity index (χ4v) is 1.79. The summed E-state index contributed by atoms with van der Waals surface area (Å²) in [4.78, 5) is 11.0. The van der Waals surface area contributed by atoms with E-state index in [1.165, 1.54) is 12.1 Å². The molecule has 2 rings (SSSR count). The molecule has 16 heavy (non-hydrogen) atoms. The van der Waals surface area contributed by atoms with E-state index in [1.807, 2.05) is 0 Å². The second-order valence-electron chi connectivity index (χ2n) is 3.70. The van der Waals surface area contributed by atoms with E-state index in [4.69, 9.17) is 17.3 Å². The summed E-state index contributed by atoms with van der Waals surface area (Å²) in [7, 11) is 0. The Labute approximate surface area is 97.0 Å². The van der Waals surface area contributed by atoms with Gasteiger partial charge in [-0.15, -0.1) is 0 Å². The number of nitrogens with two attached hydrogens (primary N) is 1. The molecule has 6 heteroatoms. The van der Waals surface area contributed by atoms with Crippen LogP contribution in [0.25, 0.3) is 0 Å². The van der Waals surface area contributed by atoms with Crippen LogP contribution < -0.4 is 16.4 Å². The second kappa shape index (κ2) is 4.17. The topological polar surface area (TPSA) is 67.2 Å². The van der Waals surface area contributed by atoms with Crippen molar-refractivity contribution in [1.82, 2.24) is 5.32 Å². The van der Waals surface area contributed by atoms with Gasteiger partial charge in [-0.2, -0.15) is 0 Å². The van der Waals surface area contributed by atoms with Gasteiger partial charge in [-0.25, -0.2) is 4.39 Å². The lowest BCUT2D eigenvalue weighted by Crippen LogP contribution is -2.22. The maximum Gasteiger partial charge on any atom is 0.222 e. The zero-order valence-corrected chi connectivity index (χ0v) is 9.14. The molecule has 1 saturated heterocycles. The van der Waals surface area contributed by atoms with E-state index in [0.29, 0.717) is 24.3 Å². The molecular formula is C10H11ClFN3O. The van der Waals surface area contributed by atoms with E-state index in [9.17, 15) is 9.18 Å². The van der Waals surface area contributed by atoms with Crippen molar-refractivity contribution >= 4 is 28.9 Å². The van der Waals surface area contributed by atoms with Crippen LogP contribution in [-0.2, 0) is 4.79 Å². The molecule has 0 radical (unpaired) electrons. The van der Waals surface area contributed by atoms with Gasteiger partial charge in [0.1, 0.15) is 5.82 Å². The number of benzene rings is 1. The van der Waals surface area contributed by atoms with Crippen molar-refractivity contribution in [3.8, 4) is 0 Å². The van der Waals surface area contributed by atoms with Crippen molar-refractivity contribution in [2.45, 2.75) is 12.5 Å². The second-order valence-corrected chi connectivity index (χ2v) is 4.11. The van der Waals surface area contributed by atoms with Crippen molar-refractivity contribution < 1.29 is 9.18 Å². The number of nitrogen functional groups attached to an aromatic ring is 1. The highest BCUT2D eigenvalue weighted by atomic mass is 35.5. The molecule has 1 fully saturated rings. The Hall–Kier alpha value is -1.49. The van der Waals surface area contributed by atoms with Gasteiger partial charge in [0.15, 0.2) is 0 Å². The average Bonchev–Trinajstić information content (AvgIpc) is 2.60. The molecular weight excluding hydrogens is 233 g/mol. The average molecular weight is 244 g/mol. The molecule has 1 aromatic carbocycles. The maximum atomic E-state index is 13.2. The predicted octanol–water partition coefficient (Wildman–Crippen LogP) is 1.36. The first-order chi connectivity index (χ1) is 7.56. The molecule has 1 aliphatic rings. The number of hydrogen-bond acceptors (Lipinski definition) is 3. The number of carbonyl (C=O) groups is 1. The Kier molecular flexibility index (Phi) is 2.87. The summed E-state index contributed by atoms with van der Waals surface area (Å²) >= 11 is 5.58. The van der Waals surface area contributed by atoms with Gasteiger partial charge < -0.3 is 16.4 Å². The molecule has 1 heterocycles. The molecule has 86 valence electrons. The minimum Gasteiger partial charge on any atom is -0.397 e. The summed E-state index contributed by atoms with van der Waals surface area (Å²) in [6, 6.07) is 2.53. The number of rotatable bonds is 2. The molecule has 1 amide bonds. The normalized spacial score (nSPS) is 19.6. The van der Waals surface area contributed by atoms with Gasteiger partial charge in [0.25, 0.3) is 0 Å². The number of amides is 1. The van der Waals surface area contributed by atoms with Crippen molar-refractivity contribution in [3.63, 3.8) is 0 Å². The Morgan fingerprint density at radius 1 is 1.56 bits per heavy atom. The van der Waals surface area contributed by atoms with E-state index in [0.717, 1.165) is 0 Å². The van der Waals surface area contributed by atoms with E-state index < -0.39 is 5.82 Å². The van der Waals surface area contributed by atoms with Crippen LogP contribution in [0.3, 0.4) is 0 Å². The van der Waals surface area contributed by atoms with Crippen LogP contribution in [0.4, 0.5) is 15.8 Å². The van der Waals surface area contributed by atoms with Crippen molar-refractivity contribution in [2.24, 2.45) is 0 Å². The molecule has 1 atom stereocenters. The number of anilines is 2. The van der Waals surface area contributed by atoms with Crippen LogP contribution in [0.5, 0.6) is 0 Å². The Morgan fingerprint density at radius 2 is 2.31 bits per heavy atom. The SMILES string of the molecule is Nc1cc(Cl)c(F)cc1NC1CNC(=O)C1. The van der Waals surface area contributed by atoms with Crippen molar-refractivity contribution in [3.05, 3.63) is 23.0 Å². The lowest BCUT2D eigenvalue weighted by Gasteiger charge is -2.14. The lowest BCUT2D eigenvalue weighted by atomic mass is 10.2. The van der Waals surface area contributed by atoms with Gasteiger partial charge in [-0.05, 0) is 6.07 Å². The number of hydrogen-bond donors (Lipinski definition) is 3. The van der Waals surface area contributed by atoms with Crippen LogP contribution in [0.15, 0.2) is 12.1 Å². The van der Waals surface area contributed by atoms with Gasteiger partial charge in [-0.3, -0.25) is 4.79 Å². The third-order valence-electron chi connectivity index (χ3n) is 2.43. The molecule has 1 unspecified atom stereocenters. The maximum absolute atomic E-state index is 13.2. The molecule has 1 aliphatic heterocycles. The summed E-state index contributed by atoms with van der Waals surface area (Å²) in [5.74, 6) is -0.554. The molecule has 4 nitrogen and oxygen atoms in total. The highest BCUT2D eigenvalue weighted by Crippen LogP contribution is 2.27.